The highest BCUT2D eigenvalue weighted by Crippen LogP contribution is 2.54. The van der Waals surface area contributed by atoms with Crippen molar-refractivity contribution in [3.05, 3.63) is 82.1 Å². The first kappa shape index (κ1) is 33.4. The van der Waals surface area contributed by atoms with E-state index in [9.17, 15) is 34.8 Å². The monoisotopic (exact) mass is 653 g/mol. The summed E-state index contributed by atoms with van der Waals surface area (Å²) >= 11 is 0. The number of nitrogens with zero attached hydrogens (tertiary/aromatic N) is 2. The molecule has 6 N–H and O–H groups in total. The molecule has 3 aliphatic carbocycles. The lowest BCUT2D eigenvalue weighted by Crippen LogP contribution is -2.65. The molecule has 0 spiro atoms. The summed E-state index contributed by atoms with van der Waals surface area (Å²) in [4.78, 5) is 43.9. The van der Waals surface area contributed by atoms with Gasteiger partial charge in [0.1, 0.15) is 22.8 Å². The summed E-state index contributed by atoms with van der Waals surface area (Å²) in [5, 5.41) is 48.0. The number of primary amides is 1. The summed E-state index contributed by atoms with van der Waals surface area (Å²) in [6, 6.07) is 14.5. The Hall–Kier alpha value is -4.51. The van der Waals surface area contributed by atoms with Crippen molar-refractivity contribution in [3.8, 4) is 16.9 Å². The molecule has 0 saturated heterocycles. The number of nitrogens with two attached hydrogens (primary N) is 1. The van der Waals surface area contributed by atoms with Crippen LogP contribution < -0.4 is 5.73 Å². The second-order valence-electron chi connectivity index (χ2n) is 13.5. The van der Waals surface area contributed by atoms with Gasteiger partial charge in [-0.05, 0) is 97.9 Å². The van der Waals surface area contributed by atoms with Gasteiger partial charge in [0.05, 0.1) is 11.6 Å². The fourth-order valence-corrected chi connectivity index (χ4v) is 8.37. The Bertz CT molecular complexity index is 1910. The van der Waals surface area contributed by atoms with Crippen LogP contribution in [0.1, 0.15) is 49.8 Å². The van der Waals surface area contributed by atoms with Gasteiger partial charge in [0.2, 0.25) is 5.78 Å². The van der Waals surface area contributed by atoms with Crippen molar-refractivity contribution in [1.82, 2.24) is 9.80 Å². The van der Waals surface area contributed by atoms with Gasteiger partial charge in [0, 0.05) is 18.0 Å². The van der Waals surface area contributed by atoms with Crippen LogP contribution in [0.25, 0.3) is 27.7 Å². The van der Waals surface area contributed by atoms with Crippen molar-refractivity contribution in [1.29, 1.82) is 0 Å². The van der Waals surface area contributed by atoms with E-state index in [2.05, 4.69) is 43.0 Å². The lowest BCUT2D eigenvalue weighted by atomic mass is 9.57. The van der Waals surface area contributed by atoms with Crippen LogP contribution >= 0.6 is 0 Å². The van der Waals surface area contributed by atoms with Crippen molar-refractivity contribution in [2.75, 3.05) is 27.2 Å². The van der Waals surface area contributed by atoms with Crippen LogP contribution in [0.2, 0.25) is 0 Å². The molecule has 1 saturated carbocycles. The lowest BCUT2D eigenvalue weighted by Gasteiger charge is -2.50. The zero-order valence-electron chi connectivity index (χ0n) is 27.8. The fourth-order valence-electron chi connectivity index (χ4n) is 8.37. The van der Waals surface area contributed by atoms with Gasteiger partial charge >= 0.3 is 0 Å². The topological polar surface area (TPSA) is 165 Å². The number of phenols is 1. The Morgan fingerprint density at radius 1 is 0.938 bits per heavy atom. The smallest absolute Gasteiger partial charge is 0.255 e. The SMILES string of the molecule is CCCN(CCC)Cc1ccc(-c2ccc(O)c3c2C[C@@H]2C[C@@H]4C(N(C)C)C(=O)C(C(N)=O)=C(O)[C@]4(O)C(=O)C2=C3O)c2ccccc12. The van der Waals surface area contributed by atoms with E-state index in [0.717, 1.165) is 54.4 Å². The molecule has 3 aromatic rings. The number of amides is 1. The van der Waals surface area contributed by atoms with E-state index in [1.807, 2.05) is 18.2 Å². The first-order valence-electron chi connectivity index (χ1n) is 16.6. The van der Waals surface area contributed by atoms with Crippen LogP contribution in [0, 0.1) is 11.8 Å². The lowest BCUT2D eigenvalue weighted by molar-refractivity contribution is -0.153. The zero-order chi connectivity index (χ0) is 34.7. The summed E-state index contributed by atoms with van der Waals surface area (Å²) in [6.45, 7) is 7.16. The Balaban J connectivity index is 1.51. The van der Waals surface area contributed by atoms with E-state index in [0.29, 0.717) is 5.56 Å². The number of hydrogen-bond donors (Lipinski definition) is 5. The Morgan fingerprint density at radius 3 is 2.21 bits per heavy atom. The molecule has 48 heavy (non-hydrogen) atoms. The van der Waals surface area contributed by atoms with Crippen LogP contribution in [0.15, 0.2) is 65.4 Å². The molecule has 252 valence electrons. The Labute approximate surface area is 279 Å². The van der Waals surface area contributed by atoms with Gasteiger partial charge in [-0.3, -0.25) is 24.2 Å². The largest absolute Gasteiger partial charge is 0.508 e. The molecule has 0 radical (unpaired) electrons. The number of aromatic hydroxyl groups is 1. The highest BCUT2D eigenvalue weighted by molar-refractivity contribution is 6.24. The molecule has 0 aliphatic heterocycles. The molecule has 1 unspecified atom stereocenters. The van der Waals surface area contributed by atoms with Gasteiger partial charge in [-0.1, -0.05) is 56.3 Å². The van der Waals surface area contributed by atoms with Gasteiger partial charge in [-0.2, -0.15) is 0 Å². The van der Waals surface area contributed by atoms with E-state index in [4.69, 9.17) is 5.73 Å². The average Bonchev–Trinajstić information content (AvgIpc) is 3.03. The number of fused-ring (bicyclic) bond motifs is 4. The third-order valence-electron chi connectivity index (χ3n) is 10.4. The van der Waals surface area contributed by atoms with Gasteiger partial charge in [-0.15, -0.1) is 0 Å². The quantitative estimate of drug-likeness (QED) is 0.211. The molecule has 3 aliphatic rings. The maximum atomic E-state index is 14.2. The van der Waals surface area contributed by atoms with Gasteiger partial charge < -0.3 is 26.2 Å². The van der Waals surface area contributed by atoms with Crippen molar-refractivity contribution < 1.29 is 34.8 Å². The van der Waals surface area contributed by atoms with Gasteiger partial charge in [-0.25, -0.2) is 0 Å². The van der Waals surface area contributed by atoms with Gasteiger partial charge in [0.25, 0.3) is 5.91 Å². The van der Waals surface area contributed by atoms with Crippen LogP contribution in [-0.4, -0.2) is 86.5 Å². The number of phenolic OH excluding ortho intramolecular Hbond substituents is 1. The molecular formula is C38H43N3O7. The number of ketones is 2. The molecular weight excluding hydrogens is 610 g/mol. The van der Waals surface area contributed by atoms with Crippen LogP contribution in [0.3, 0.4) is 0 Å². The number of likely N-dealkylation sites (N-methyl/N-ethyl adjacent to an activating group) is 1. The van der Waals surface area contributed by atoms with Gasteiger partial charge in [0.15, 0.2) is 11.4 Å². The third kappa shape index (κ3) is 5.01. The Kier molecular flexibility index (Phi) is 8.70. The number of aliphatic hydroxyl groups is 3. The molecule has 0 bridgehead atoms. The number of hydrogen-bond acceptors (Lipinski definition) is 9. The molecule has 4 atom stereocenters. The second-order valence-corrected chi connectivity index (χ2v) is 13.5. The summed E-state index contributed by atoms with van der Waals surface area (Å²) in [7, 11) is 3.17. The maximum Gasteiger partial charge on any atom is 0.255 e. The number of rotatable bonds is 9. The van der Waals surface area contributed by atoms with Crippen molar-refractivity contribution >= 4 is 34.0 Å². The minimum atomic E-state index is -2.67. The molecule has 10 nitrogen and oxygen atoms in total. The Morgan fingerprint density at radius 2 is 1.58 bits per heavy atom. The second kappa shape index (κ2) is 12.5. The molecule has 1 amide bonds. The van der Waals surface area contributed by atoms with E-state index in [-0.39, 0.29) is 29.7 Å². The minimum Gasteiger partial charge on any atom is -0.508 e. The normalized spacial score (nSPS) is 23.9. The van der Waals surface area contributed by atoms with E-state index < -0.39 is 58.0 Å². The molecule has 10 heteroatoms. The zero-order valence-corrected chi connectivity index (χ0v) is 27.8. The van der Waals surface area contributed by atoms with E-state index in [1.54, 1.807) is 14.1 Å². The molecule has 3 aromatic carbocycles. The highest BCUT2D eigenvalue weighted by atomic mass is 16.3. The fraction of sp³-hybridized carbons (Fsp3) is 0.395. The number of aliphatic hydroxyl groups excluding tert-OH is 2. The molecule has 1 fully saturated rings. The first-order chi connectivity index (χ1) is 22.9. The molecule has 0 heterocycles. The third-order valence-corrected chi connectivity index (χ3v) is 10.4. The van der Waals surface area contributed by atoms with Crippen LogP contribution in [0.4, 0.5) is 0 Å². The molecule has 0 aromatic heterocycles. The maximum absolute atomic E-state index is 14.2. The van der Waals surface area contributed by atoms with Crippen LogP contribution in [0.5, 0.6) is 5.75 Å². The number of carbonyl (C=O) groups excluding carboxylic acids is 3. The number of benzene rings is 3. The van der Waals surface area contributed by atoms with Crippen LogP contribution in [-0.2, 0) is 27.3 Å². The predicted octanol–water partition coefficient (Wildman–Crippen LogP) is 4.41. The number of Topliss-reactive ketones (excluding diaryl/α,β-unsaturated/α-hetero) is 2. The van der Waals surface area contributed by atoms with Crippen molar-refractivity contribution in [2.24, 2.45) is 17.6 Å². The first-order valence-corrected chi connectivity index (χ1v) is 16.6. The predicted molar refractivity (Wildman–Crippen MR) is 183 cm³/mol. The number of carbonyl (C=O) groups is 3. The highest BCUT2D eigenvalue weighted by Gasteiger charge is 2.64. The molecule has 6 rings (SSSR count). The standard InChI is InChI=1S/C38H43N3O7/c1-5-15-41(16-6-2)19-20-11-12-24(23-10-8-7-9-22(20)23)25-13-14-28(42)30-26(25)17-21-18-27-32(40(3)4)34(44)31(37(39)47)36(46)38(27,48)35(45)29(21)33(30)43/h7-14,21,27,32,42-43,46,48H,5-6,15-19H2,1-4H3,(H2,39,47)/t21-,27-,32?,38-/m1/s1. The van der Waals surface area contributed by atoms with Crippen molar-refractivity contribution in [3.63, 3.8) is 0 Å². The minimum absolute atomic E-state index is 0.0330. The summed E-state index contributed by atoms with van der Waals surface area (Å²) in [5.41, 5.74) is 5.37. The average molecular weight is 654 g/mol. The summed E-state index contributed by atoms with van der Waals surface area (Å²) in [5.74, 6) is -6.68. The van der Waals surface area contributed by atoms with Crippen molar-refractivity contribution in [2.45, 2.75) is 57.7 Å². The van der Waals surface area contributed by atoms with E-state index in [1.165, 1.54) is 16.5 Å². The summed E-state index contributed by atoms with van der Waals surface area (Å²) in [6.07, 6.45) is 2.37. The van der Waals surface area contributed by atoms with E-state index >= 15 is 0 Å². The summed E-state index contributed by atoms with van der Waals surface area (Å²) < 4.78 is 0.